The number of rotatable bonds is 3. The second kappa shape index (κ2) is 9.30. The van der Waals surface area contributed by atoms with Gasteiger partial charge in [-0.15, -0.1) is 0 Å². The van der Waals surface area contributed by atoms with Crippen molar-refractivity contribution in [2.45, 2.75) is 39.5 Å². The van der Waals surface area contributed by atoms with Gasteiger partial charge in [0, 0.05) is 0 Å². The fourth-order valence-corrected chi connectivity index (χ4v) is 1.15. The van der Waals surface area contributed by atoms with E-state index in [9.17, 15) is 4.79 Å². The Balaban J connectivity index is 0.000000226. The maximum atomic E-state index is 9.34. The summed E-state index contributed by atoms with van der Waals surface area (Å²) in [6.45, 7) is 5.23. The van der Waals surface area contributed by atoms with E-state index in [0.717, 1.165) is 12.3 Å². The summed E-state index contributed by atoms with van der Waals surface area (Å²) < 4.78 is 4.30. The third-order valence-electron chi connectivity index (χ3n) is 1.88. The molecule has 1 aliphatic carbocycles. The van der Waals surface area contributed by atoms with Gasteiger partial charge in [-0.3, -0.25) is 4.79 Å². The van der Waals surface area contributed by atoms with Crippen molar-refractivity contribution in [1.82, 2.24) is 0 Å². The number of allylic oxidation sites excluding steroid dienone is 2. The molecule has 2 nitrogen and oxygen atoms in total. The summed E-state index contributed by atoms with van der Waals surface area (Å²) in [5, 5.41) is 0. The Morgan fingerprint density at radius 2 is 2.38 bits per heavy atom. The van der Waals surface area contributed by atoms with E-state index >= 15 is 0 Å². The SMILES string of the molecule is CC1C=CCCC1.CCCOC=O. The molecule has 0 N–H and O–H groups in total. The summed E-state index contributed by atoms with van der Waals surface area (Å²) in [6, 6.07) is 0. The van der Waals surface area contributed by atoms with Crippen molar-refractivity contribution in [2.24, 2.45) is 5.92 Å². The predicted molar refractivity (Wildman–Crippen MR) is 54.5 cm³/mol. The molecule has 76 valence electrons. The summed E-state index contributed by atoms with van der Waals surface area (Å²) >= 11 is 0. The van der Waals surface area contributed by atoms with Crippen LogP contribution in [0.1, 0.15) is 39.5 Å². The molecule has 1 rings (SSSR count). The Labute approximate surface area is 81.0 Å². The van der Waals surface area contributed by atoms with E-state index in [-0.39, 0.29) is 0 Å². The second-order valence-corrected chi connectivity index (χ2v) is 3.30. The summed E-state index contributed by atoms with van der Waals surface area (Å²) in [5.41, 5.74) is 0. The molecule has 0 aliphatic heterocycles. The zero-order valence-corrected chi connectivity index (χ0v) is 8.66. The minimum absolute atomic E-state index is 0.462. The Morgan fingerprint density at radius 1 is 1.62 bits per heavy atom. The molecule has 0 saturated heterocycles. The number of hydrogen-bond donors (Lipinski definition) is 0. The molecule has 0 aromatic rings. The van der Waals surface area contributed by atoms with E-state index in [1.807, 2.05) is 6.92 Å². The largest absolute Gasteiger partial charge is 0.468 e. The third-order valence-corrected chi connectivity index (χ3v) is 1.88. The minimum atomic E-state index is 0.462. The van der Waals surface area contributed by atoms with E-state index in [2.05, 4.69) is 23.8 Å². The van der Waals surface area contributed by atoms with Crippen LogP contribution in [0, 0.1) is 5.92 Å². The molecule has 2 heteroatoms. The highest BCUT2D eigenvalue weighted by atomic mass is 16.5. The maximum Gasteiger partial charge on any atom is 0.293 e. The molecular formula is C11H20O2. The van der Waals surface area contributed by atoms with Crippen LogP contribution in [0.25, 0.3) is 0 Å². The molecule has 0 saturated carbocycles. The first-order valence-electron chi connectivity index (χ1n) is 5.03. The lowest BCUT2D eigenvalue weighted by Gasteiger charge is -2.08. The molecule has 1 unspecified atom stereocenters. The normalized spacial score (nSPS) is 20.0. The Morgan fingerprint density at radius 3 is 2.62 bits per heavy atom. The minimum Gasteiger partial charge on any atom is -0.468 e. The zero-order chi connectivity index (χ0) is 9.94. The molecule has 0 fully saturated rings. The van der Waals surface area contributed by atoms with E-state index in [0.29, 0.717) is 13.1 Å². The van der Waals surface area contributed by atoms with Crippen LogP contribution in [0.15, 0.2) is 12.2 Å². The van der Waals surface area contributed by atoms with Crippen LogP contribution in [0.5, 0.6) is 0 Å². The molecule has 1 aliphatic rings. The topological polar surface area (TPSA) is 26.3 Å². The molecule has 0 heterocycles. The lowest BCUT2D eigenvalue weighted by molar-refractivity contribution is -0.128. The smallest absolute Gasteiger partial charge is 0.293 e. The Kier molecular flexibility index (Phi) is 8.73. The van der Waals surface area contributed by atoms with Gasteiger partial charge < -0.3 is 4.74 Å². The summed E-state index contributed by atoms with van der Waals surface area (Å²) in [4.78, 5) is 9.34. The first-order chi connectivity index (χ1) is 6.31. The van der Waals surface area contributed by atoms with Gasteiger partial charge in [-0.05, 0) is 31.6 Å². The number of carbonyl (C=O) groups is 1. The molecule has 0 radical (unpaired) electrons. The van der Waals surface area contributed by atoms with E-state index in [1.165, 1.54) is 19.3 Å². The monoisotopic (exact) mass is 184 g/mol. The van der Waals surface area contributed by atoms with Gasteiger partial charge in [0.1, 0.15) is 0 Å². The summed E-state index contributed by atoms with van der Waals surface area (Å²) in [7, 11) is 0. The van der Waals surface area contributed by atoms with Gasteiger partial charge in [-0.1, -0.05) is 26.0 Å². The molecule has 0 bridgehead atoms. The van der Waals surface area contributed by atoms with Gasteiger partial charge in [0.25, 0.3) is 6.47 Å². The van der Waals surface area contributed by atoms with Gasteiger partial charge in [-0.2, -0.15) is 0 Å². The zero-order valence-electron chi connectivity index (χ0n) is 8.66. The van der Waals surface area contributed by atoms with Gasteiger partial charge in [0.2, 0.25) is 0 Å². The molecule has 0 aromatic carbocycles. The quantitative estimate of drug-likeness (QED) is 0.383. The first kappa shape index (κ1) is 12.2. The van der Waals surface area contributed by atoms with Crippen LogP contribution < -0.4 is 0 Å². The van der Waals surface area contributed by atoms with Crippen LogP contribution in [-0.2, 0) is 9.53 Å². The molecule has 0 spiro atoms. The van der Waals surface area contributed by atoms with Gasteiger partial charge >= 0.3 is 0 Å². The lowest BCUT2D eigenvalue weighted by Crippen LogP contribution is -1.92. The van der Waals surface area contributed by atoms with Crippen molar-refractivity contribution >= 4 is 6.47 Å². The van der Waals surface area contributed by atoms with Crippen molar-refractivity contribution in [3.63, 3.8) is 0 Å². The fraction of sp³-hybridized carbons (Fsp3) is 0.727. The first-order valence-corrected chi connectivity index (χ1v) is 5.03. The van der Waals surface area contributed by atoms with Gasteiger partial charge in [0.05, 0.1) is 6.61 Å². The van der Waals surface area contributed by atoms with E-state index in [1.54, 1.807) is 0 Å². The second-order valence-electron chi connectivity index (χ2n) is 3.30. The average molecular weight is 184 g/mol. The highest BCUT2D eigenvalue weighted by molar-refractivity contribution is 5.36. The average Bonchev–Trinajstić information content (AvgIpc) is 2.17. The van der Waals surface area contributed by atoms with Crippen LogP contribution in [0.3, 0.4) is 0 Å². The third kappa shape index (κ3) is 9.12. The summed E-state index contributed by atoms with van der Waals surface area (Å²) in [5.74, 6) is 0.855. The Bertz CT molecular complexity index is 141. The Hall–Kier alpha value is -0.790. The molecule has 1 atom stereocenters. The fourth-order valence-electron chi connectivity index (χ4n) is 1.15. The number of hydrogen-bond acceptors (Lipinski definition) is 2. The van der Waals surface area contributed by atoms with Crippen molar-refractivity contribution in [1.29, 1.82) is 0 Å². The van der Waals surface area contributed by atoms with Crippen LogP contribution >= 0.6 is 0 Å². The van der Waals surface area contributed by atoms with Crippen molar-refractivity contribution in [3.8, 4) is 0 Å². The van der Waals surface area contributed by atoms with Crippen LogP contribution in [0.4, 0.5) is 0 Å². The number of carbonyl (C=O) groups excluding carboxylic acids is 1. The van der Waals surface area contributed by atoms with Crippen LogP contribution in [-0.4, -0.2) is 13.1 Å². The maximum absolute atomic E-state index is 9.34. The standard InChI is InChI=1S/C7H12.C4H8O2/c1-7-5-3-2-4-6-7;1-2-3-6-4-5/h3,5,7H,2,4,6H2,1H3;4H,2-3H2,1H3. The van der Waals surface area contributed by atoms with Crippen molar-refractivity contribution in [3.05, 3.63) is 12.2 Å². The van der Waals surface area contributed by atoms with E-state index < -0.39 is 0 Å². The molecular weight excluding hydrogens is 164 g/mol. The van der Waals surface area contributed by atoms with Gasteiger partial charge in [0.15, 0.2) is 0 Å². The highest BCUT2D eigenvalue weighted by Gasteiger charge is 1.98. The van der Waals surface area contributed by atoms with Crippen molar-refractivity contribution in [2.75, 3.05) is 6.61 Å². The predicted octanol–water partition coefficient (Wildman–Crippen LogP) is 2.93. The molecule has 0 amide bonds. The van der Waals surface area contributed by atoms with E-state index in [4.69, 9.17) is 0 Å². The highest BCUT2D eigenvalue weighted by Crippen LogP contribution is 2.14. The number of ether oxygens (including phenoxy) is 1. The van der Waals surface area contributed by atoms with Crippen molar-refractivity contribution < 1.29 is 9.53 Å². The molecule has 0 aromatic heterocycles. The van der Waals surface area contributed by atoms with Crippen LogP contribution in [0.2, 0.25) is 0 Å². The lowest BCUT2D eigenvalue weighted by atomic mass is 9.98. The van der Waals surface area contributed by atoms with Gasteiger partial charge in [-0.25, -0.2) is 0 Å². The summed E-state index contributed by atoms with van der Waals surface area (Å²) in [6.07, 6.45) is 9.61. The molecule has 13 heavy (non-hydrogen) atoms.